The summed E-state index contributed by atoms with van der Waals surface area (Å²) in [4.78, 5) is 28.7. The van der Waals surface area contributed by atoms with Crippen LogP contribution in [0.2, 0.25) is 0 Å². The maximum absolute atomic E-state index is 13.5. The number of hydrogen-bond donors (Lipinski definition) is 1. The summed E-state index contributed by atoms with van der Waals surface area (Å²) in [5.74, 6) is -0.118. The quantitative estimate of drug-likeness (QED) is 0.581. The van der Waals surface area contributed by atoms with Gasteiger partial charge in [-0.3, -0.25) is 9.69 Å². The van der Waals surface area contributed by atoms with Crippen LogP contribution >= 0.6 is 0 Å². The molecule has 0 aliphatic carbocycles. The van der Waals surface area contributed by atoms with E-state index in [1.54, 1.807) is 4.90 Å². The Balaban J connectivity index is 1.73. The van der Waals surface area contributed by atoms with Crippen LogP contribution in [0.3, 0.4) is 0 Å². The lowest BCUT2D eigenvalue weighted by molar-refractivity contribution is 0.0982. The number of rotatable bonds is 3. The van der Waals surface area contributed by atoms with E-state index in [4.69, 9.17) is 0 Å². The molecule has 1 N–H and O–H groups in total. The van der Waals surface area contributed by atoms with Crippen molar-refractivity contribution in [2.45, 2.75) is 33.2 Å². The Morgan fingerprint density at radius 2 is 1.48 bits per heavy atom. The van der Waals surface area contributed by atoms with Crippen molar-refractivity contribution in [2.75, 3.05) is 16.3 Å². The van der Waals surface area contributed by atoms with Gasteiger partial charge in [0.15, 0.2) is 0 Å². The smallest absolute Gasteiger partial charge is 0.412 e. The van der Waals surface area contributed by atoms with Gasteiger partial charge in [-0.15, -0.1) is 0 Å². The van der Waals surface area contributed by atoms with Crippen LogP contribution in [-0.2, 0) is 0 Å². The van der Waals surface area contributed by atoms with E-state index in [0.29, 0.717) is 29.9 Å². The van der Waals surface area contributed by atoms with Gasteiger partial charge in [0.2, 0.25) is 0 Å². The highest BCUT2D eigenvalue weighted by Gasteiger charge is 2.37. The summed E-state index contributed by atoms with van der Waals surface area (Å²) < 4.78 is 0. The summed E-state index contributed by atoms with van der Waals surface area (Å²) in [5, 5.41) is 9.85. The molecule has 4 rings (SSSR count). The number of benzene rings is 3. The van der Waals surface area contributed by atoms with Crippen molar-refractivity contribution in [3.8, 4) is 11.1 Å². The van der Waals surface area contributed by atoms with Crippen LogP contribution in [0.25, 0.3) is 11.1 Å². The molecule has 5 heteroatoms. The number of anilines is 2. The molecule has 5 nitrogen and oxygen atoms in total. The highest BCUT2D eigenvalue weighted by atomic mass is 16.4. The molecule has 2 amide bonds. The average molecular weight is 415 g/mol. The summed E-state index contributed by atoms with van der Waals surface area (Å²) in [5.41, 5.74) is 5.97. The topological polar surface area (TPSA) is 60.9 Å². The predicted octanol–water partition coefficient (Wildman–Crippen LogP) is 5.89. The minimum absolute atomic E-state index is 0.118. The van der Waals surface area contributed by atoms with Crippen molar-refractivity contribution in [1.29, 1.82) is 0 Å². The van der Waals surface area contributed by atoms with Crippen LogP contribution in [0.1, 0.15) is 34.8 Å². The van der Waals surface area contributed by atoms with Crippen molar-refractivity contribution in [3.63, 3.8) is 0 Å². The van der Waals surface area contributed by atoms with Crippen molar-refractivity contribution >= 4 is 23.4 Å². The average Bonchev–Trinajstić information content (AvgIpc) is 2.79. The number of hydrogen-bond acceptors (Lipinski definition) is 2. The number of carboxylic acid groups (broad SMARTS) is 1. The highest BCUT2D eigenvalue weighted by Crippen LogP contribution is 2.39. The van der Waals surface area contributed by atoms with E-state index in [2.05, 4.69) is 0 Å². The summed E-state index contributed by atoms with van der Waals surface area (Å²) in [6.45, 7) is 6.21. The second-order valence-electron chi connectivity index (χ2n) is 8.00. The Kier molecular flexibility index (Phi) is 5.51. The normalized spacial score (nSPS) is 15.5. The zero-order valence-electron chi connectivity index (χ0n) is 18.0. The number of carbonyl (C=O) groups is 2. The number of fused-ring (bicyclic) bond motifs is 1. The molecule has 0 radical (unpaired) electrons. The van der Waals surface area contributed by atoms with E-state index in [-0.39, 0.29) is 11.9 Å². The van der Waals surface area contributed by atoms with Crippen LogP contribution in [0.4, 0.5) is 16.2 Å². The molecule has 0 spiro atoms. The van der Waals surface area contributed by atoms with Gasteiger partial charge >= 0.3 is 6.09 Å². The number of aryl methyl sites for hydroxylation is 2. The molecule has 1 unspecified atom stereocenters. The van der Waals surface area contributed by atoms with Gasteiger partial charge in [0.05, 0.1) is 17.4 Å². The molecule has 3 aromatic carbocycles. The first-order chi connectivity index (χ1) is 14.9. The molecule has 31 heavy (non-hydrogen) atoms. The van der Waals surface area contributed by atoms with Crippen LogP contribution in [0, 0.1) is 13.8 Å². The van der Waals surface area contributed by atoms with Gasteiger partial charge in [0.1, 0.15) is 0 Å². The molecular formula is C26H26N2O3. The predicted molar refractivity (Wildman–Crippen MR) is 124 cm³/mol. The fraction of sp³-hybridized carbons (Fsp3) is 0.231. The molecule has 158 valence electrons. The maximum Gasteiger partial charge on any atom is 0.412 e. The van der Waals surface area contributed by atoms with Crippen molar-refractivity contribution in [3.05, 3.63) is 83.4 Å². The molecule has 1 aliphatic rings. The second-order valence-corrected chi connectivity index (χ2v) is 8.00. The van der Waals surface area contributed by atoms with E-state index in [1.807, 2.05) is 87.5 Å². The van der Waals surface area contributed by atoms with E-state index >= 15 is 0 Å². The van der Waals surface area contributed by atoms with Crippen LogP contribution < -0.4 is 9.80 Å². The Labute approximate surface area is 182 Å². The second kappa shape index (κ2) is 8.26. The molecule has 1 atom stereocenters. The molecule has 0 bridgehead atoms. The van der Waals surface area contributed by atoms with Crippen LogP contribution in [-0.4, -0.2) is 29.7 Å². The minimum Gasteiger partial charge on any atom is -0.465 e. The SMILES string of the molecule is CCC1CN(C(=O)c2ccc(-c3ccccc3)cc2)c2cc(C)c(C)cc2N1C(=O)O. The van der Waals surface area contributed by atoms with E-state index in [9.17, 15) is 14.7 Å². The fourth-order valence-corrected chi connectivity index (χ4v) is 4.14. The standard InChI is InChI=1S/C26H26N2O3/c1-4-22-16-27(23-14-17(2)18(3)15-24(23)28(22)26(30)31)25(29)21-12-10-20(11-13-21)19-8-6-5-7-9-19/h5-15,22H,4,16H2,1-3H3,(H,30,31). The first kappa shape index (κ1) is 20.7. The van der Waals surface area contributed by atoms with Gasteiger partial charge in [-0.1, -0.05) is 49.4 Å². The third-order valence-corrected chi connectivity index (χ3v) is 6.06. The summed E-state index contributed by atoms with van der Waals surface area (Å²) >= 11 is 0. The van der Waals surface area contributed by atoms with Crippen molar-refractivity contribution in [1.82, 2.24) is 0 Å². The van der Waals surface area contributed by atoms with Crippen LogP contribution in [0.5, 0.6) is 0 Å². The first-order valence-electron chi connectivity index (χ1n) is 10.5. The monoisotopic (exact) mass is 414 g/mol. The van der Waals surface area contributed by atoms with Gasteiger partial charge in [-0.25, -0.2) is 4.79 Å². The molecule has 1 aliphatic heterocycles. The largest absolute Gasteiger partial charge is 0.465 e. The zero-order chi connectivity index (χ0) is 22.1. The number of nitrogens with zero attached hydrogens (tertiary/aromatic N) is 2. The first-order valence-corrected chi connectivity index (χ1v) is 10.5. The fourth-order valence-electron chi connectivity index (χ4n) is 4.14. The third-order valence-electron chi connectivity index (χ3n) is 6.06. The van der Waals surface area contributed by atoms with E-state index in [0.717, 1.165) is 22.3 Å². The lowest BCUT2D eigenvalue weighted by atomic mass is 9.99. The summed E-state index contributed by atoms with van der Waals surface area (Å²) in [6.07, 6.45) is -0.370. The Morgan fingerprint density at radius 1 is 0.903 bits per heavy atom. The summed E-state index contributed by atoms with van der Waals surface area (Å²) in [6, 6.07) is 21.1. The number of carbonyl (C=O) groups excluding carboxylic acids is 1. The third kappa shape index (κ3) is 3.79. The van der Waals surface area contributed by atoms with Gasteiger partial charge in [0.25, 0.3) is 5.91 Å². The minimum atomic E-state index is -0.990. The van der Waals surface area contributed by atoms with Crippen molar-refractivity contribution < 1.29 is 14.7 Å². The molecule has 0 aromatic heterocycles. The highest BCUT2D eigenvalue weighted by molar-refractivity contribution is 6.10. The molecular weight excluding hydrogens is 388 g/mol. The van der Waals surface area contributed by atoms with Gasteiger partial charge < -0.3 is 10.0 Å². The molecule has 0 fully saturated rings. The lowest BCUT2D eigenvalue weighted by Crippen LogP contribution is -2.52. The Hall–Kier alpha value is -3.60. The Bertz CT molecular complexity index is 1120. The van der Waals surface area contributed by atoms with Gasteiger partial charge in [-0.2, -0.15) is 0 Å². The van der Waals surface area contributed by atoms with Crippen molar-refractivity contribution in [2.24, 2.45) is 0 Å². The van der Waals surface area contributed by atoms with E-state index in [1.165, 1.54) is 4.90 Å². The zero-order valence-corrected chi connectivity index (χ0v) is 18.0. The Morgan fingerprint density at radius 3 is 2.06 bits per heavy atom. The molecule has 3 aromatic rings. The molecule has 0 saturated carbocycles. The summed E-state index contributed by atoms with van der Waals surface area (Å²) in [7, 11) is 0. The molecule has 0 saturated heterocycles. The molecule has 1 heterocycles. The van der Waals surface area contributed by atoms with Gasteiger partial charge in [0, 0.05) is 12.1 Å². The van der Waals surface area contributed by atoms with Crippen LogP contribution in [0.15, 0.2) is 66.7 Å². The lowest BCUT2D eigenvalue weighted by Gasteiger charge is -2.41. The maximum atomic E-state index is 13.5. The van der Waals surface area contributed by atoms with Gasteiger partial charge in [-0.05, 0) is 66.8 Å². The van der Waals surface area contributed by atoms with E-state index < -0.39 is 6.09 Å². The number of amides is 2.